The second-order valence-electron chi connectivity index (χ2n) is 9.14. The Morgan fingerprint density at radius 3 is 2.69 bits per heavy atom. The minimum Gasteiger partial charge on any atom is -0.351 e. The third-order valence-corrected chi connectivity index (χ3v) is 7.82. The SMILES string of the molecule is Cc1cccc(N2C(=O)c3cc(-c4cccs4)nn3C[C@@]2(C)C(=O)NC2CCCC2)c1C. The second kappa shape index (κ2) is 7.89. The number of rotatable bonds is 4. The van der Waals surface area contributed by atoms with Crippen molar-refractivity contribution in [1.29, 1.82) is 0 Å². The van der Waals surface area contributed by atoms with Crippen LogP contribution in [0.5, 0.6) is 0 Å². The van der Waals surface area contributed by atoms with Crippen molar-refractivity contribution in [3.8, 4) is 10.6 Å². The molecule has 1 aliphatic heterocycles. The highest BCUT2D eigenvalue weighted by molar-refractivity contribution is 7.13. The molecule has 0 radical (unpaired) electrons. The lowest BCUT2D eigenvalue weighted by atomic mass is 9.92. The van der Waals surface area contributed by atoms with E-state index in [-0.39, 0.29) is 17.9 Å². The Bertz CT molecular complexity index is 1180. The zero-order valence-corrected chi connectivity index (χ0v) is 19.5. The highest BCUT2D eigenvalue weighted by Crippen LogP contribution is 2.37. The number of anilines is 1. The molecule has 32 heavy (non-hydrogen) atoms. The van der Waals surface area contributed by atoms with Crippen molar-refractivity contribution in [1.82, 2.24) is 15.1 Å². The molecule has 5 rings (SSSR count). The minimum atomic E-state index is -1.08. The fourth-order valence-electron chi connectivity index (χ4n) is 4.89. The van der Waals surface area contributed by atoms with Gasteiger partial charge in [-0.15, -0.1) is 11.3 Å². The number of amides is 2. The lowest BCUT2D eigenvalue weighted by Gasteiger charge is -2.44. The summed E-state index contributed by atoms with van der Waals surface area (Å²) in [5.41, 5.74) is 3.08. The zero-order valence-electron chi connectivity index (χ0n) is 18.7. The molecule has 1 aliphatic carbocycles. The molecular formula is C25H28N4O2S. The summed E-state index contributed by atoms with van der Waals surface area (Å²) in [6.45, 7) is 6.22. The molecule has 3 aromatic rings. The number of fused-ring (bicyclic) bond motifs is 1. The van der Waals surface area contributed by atoms with Gasteiger partial charge in [-0.05, 0) is 68.3 Å². The first kappa shape index (κ1) is 20.9. The summed E-state index contributed by atoms with van der Waals surface area (Å²) >= 11 is 1.59. The van der Waals surface area contributed by atoms with Gasteiger partial charge in [0.1, 0.15) is 16.9 Å². The molecule has 1 fully saturated rings. The summed E-state index contributed by atoms with van der Waals surface area (Å²) in [4.78, 5) is 30.3. The van der Waals surface area contributed by atoms with E-state index in [1.807, 2.05) is 62.5 Å². The average molecular weight is 449 g/mol. The first-order valence-electron chi connectivity index (χ1n) is 11.2. The number of carbonyl (C=O) groups excluding carboxylic acids is 2. The van der Waals surface area contributed by atoms with Crippen LogP contribution in [-0.4, -0.2) is 33.2 Å². The minimum absolute atomic E-state index is 0.113. The maximum Gasteiger partial charge on any atom is 0.277 e. The van der Waals surface area contributed by atoms with Gasteiger partial charge in [0.25, 0.3) is 5.91 Å². The molecule has 2 amide bonds. The van der Waals surface area contributed by atoms with Gasteiger partial charge in [0.2, 0.25) is 5.91 Å². The van der Waals surface area contributed by atoms with Crippen molar-refractivity contribution in [2.24, 2.45) is 0 Å². The summed E-state index contributed by atoms with van der Waals surface area (Å²) in [5, 5.41) is 9.95. The maximum absolute atomic E-state index is 13.9. The van der Waals surface area contributed by atoms with E-state index in [4.69, 9.17) is 5.10 Å². The van der Waals surface area contributed by atoms with Crippen molar-refractivity contribution < 1.29 is 9.59 Å². The largest absolute Gasteiger partial charge is 0.351 e. The van der Waals surface area contributed by atoms with Gasteiger partial charge in [0.05, 0.1) is 11.4 Å². The molecule has 0 saturated heterocycles. The van der Waals surface area contributed by atoms with Crippen LogP contribution in [0.4, 0.5) is 5.69 Å². The van der Waals surface area contributed by atoms with Crippen LogP contribution < -0.4 is 10.2 Å². The number of nitrogens with one attached hydrogen (secondary N) is 1. The number of aryl methyl sites for hydroxylation is 1. The summed E-state index contributed by atoms with van der Waals surface area (Å²) in [6.07, 6.45) is 4.26. The first-order chi connectivity index (χ1) is 15.4. The Morgan fingerprint density at radius 2 is 1.97 bits per heavy atom. The Hall–Kier alpha value is -2.93. The molecule has 1 atom stereocenters. The van der Waals surface area contributed by atoms with E-state index in [0.717, 1.165) is 53.1 Å². The lowest BCUT2D eigenvalue weighted by molar-refractivity contribution is -0.127. The summed E-state index contributed by atoms with van der Waals surface area (Å²) in [6, 6.07) is 11.9. The first-order valence-corrected chi connectivity index (χ1v) is 12.1. The number of aromatic nitrogens is 2. The van der Waals surface area contributed by atoms with Crippen molar-refractivity contribution in [3.05, 3.63) is 58.6 Å². The highest BCUT2D eigenvalue weighted by Gasteiger charge is 2.49. The third-order valence-electron chi connectivity index (χ3n) is 6.92. The number of hydrogen-bond donors (Lipinski definition) is 1. The topological polar surface area (TPSA) is 67.2 Å². The van der Waals surface area contributed by atoms with Crippen molar-refractivity contribution in [2.45, 2.75) is 64.6 Å². The predicted octanol–water partition coefficient (Wildman–Crippen LogP) is 4.71. The molecule has 1 N–H and O–H groups in total. The smallest absolute Gasteiger partial charge is 0.277 e. The van der Waals surface area contributed by atoms with Crippen molar-refractivity contribution in [2.75, 3.05) is 4.90 Å². The van der Waals surface area contributed by atoms with E-state index in [0.29, 0.717) is 12.2 Å². The Balaban J connectivity index is 1.61. The van der Waals surface area contributed by atoms with E-state index in [1.165, 1.54) is 0 Å². The summed E-state index contributed by atoms with van der Waals surface area (Å²) < 4.78 is 1.72. The molecule has 1 saturated carbocycles. The van der Waals surface area contributed by atoms with Gasteiger partial charge in [-0.2, -0.15) is 5.10 Å². The third kappa shape index (κ3) is 3.35. The van der Waals surface area contributed by atoms with Crippen molar-refractivity contribution >= 4 is 28.8 Å². The van der Waals surface area contributed by atoms with Gasteiger partial charge in [0.15, 0.2) is 0 Å². The molecule has 7 heteroatoms. The molecule has 1 aromatic carbocycles. The fraction of sp³-hybridized carbons (Fsp3) is 0.400. The van der Waals surface area contributed by atoms with Gasteiger partial charge in [-0.1, -0.05) is 31.0 Å². The van der Waals surface area contributed by atoms with E-state index in [1.54, 1.807) is 20.9 Å². The van der Waals surface area contributed by atoms with Crippen LogP contribution in [0.1, 0.15) is 54.2 Å². The monoisotopic (exact) mass is 448 g/mol. The number of carbonyl (C=O) groups is 2. The average Bonchev–Trinajstić information content (AvgIpc) is 3.52. The molecule has 0 unspecified atom stereocenters. The fourth-order valence-corrected chi connectivity index (χ4v) is 5.57. The second-order valence-corrected chi connectivity index (χ2v) is 10.1. The molecule has 166 valence electrons. The summed E-state index contributed by atoms with van der Waals surface area (Å²) in [5.74, 6) is -0.304. The standard InChI is InChI=1S/C25H28N4O2S/c1-16-8-6-11-20(17(16)2)29-23(30)21-14-19(22-12-7-13-32-22)27-28(21)15-25(29,3)24(31)26-18-9-4-5-10-18/h6-8,11-14,18H,4-5,9-10,15H2,1-3H3,(H,26,31)/t25-/m0/s1. The summed E-state index contributed by atoms with van der Waals surface area (Å²) in [7, 11) is 0. The molecular weight excluding hydrogens is 420 g/mol. The predicted molar refractivity (Wildman–Crippen MR) is 127 cm³/mol. The Morgan fingerprint density at radius 1 is 1.19 bits per heavy atom. The number of thiophene rings is 1. The van der Waals surface area contributed by atoms with Crippen LogP contribution in [0, 0.1) is 13.8 Å². The number of hydrogen-bond acceptors (Lipinski definition) is 4. The molecule has 0 bridgehead atoms. The van der Waals surface area contributed by atoms with Crippen LogP contribution in [-0.2, 0) is 11.3 Å². The van der Waals surface area contributed by atoms with Crippen LogP contribution >= 0.6 is 11.3 Å². The van der Waals surface area contributed by atoms with E-state index in [2.05, 4.69) is 5.32 Å². The van der Waals surface area contributed by atoms with Gasteiger partial charge in [0, 0.05) is 11.7 Å². The Kier molecular flexibility index (Phi) is 5.16. The van der Waals surface area contributed by atoms with Gasteiger partial charge >= 0.3 is 0 Å². The number of benzene rings is 1. The molecule has 6 nitrogen and oxygen atoms in total. The van der Waals surface area contributed by atoms with Crippen LogP contribution in [0.2, 0.25) is 0 Å². The molecule has 0 spiro atoms. The van der Waals surface area contributed by atoms with Gasteiger partial charge in [-0.3, -0.25) is 19.2 Å². The normalized spacial score (nSPS) is 21.1. The zero-order chi connectivity index (χ0) is 22.5. The lowest BCUT2D eigenvalue weighted by Crippen LogP contribution is -2.65. The molecule has 2 aliphatic rings. The highest BCUT2D eigenvalue weighted by atomic mass is 32.1. The van der Waals surface area contributed by atoms with E-state index in [9.17, 15) is 9.59 Å². The molecule has 2 aromatic heterocycles. The molecule has 3 heterocycles. The van der Waals surface area contributed by atoms with Crippen molar-refractivity contribution in [3.63, 3.8) is 0 Å². The van der Waals surface area contributed by atoms with E-state index >= 15 is 0 Å². The van der Waals surface area contributed by atoms with Gasteiger partial charge < -0.3 is 5.32 Å². The van der Waals surface area contributed by atoms with Crippen LogP contribution in [0.15, 0.2) is 41.8 Å². The quantitative estimate of drug-likeness (QED) is 0.629. The maximum atomic E-state index is 13.9. The number of nitrogens with zero attached hydrogens (tertiary/aromatic N) is 3. The van der Waals surface area contributed by atoms with Gasteiger partial charge in [-0.25, -0.2) is 0 Å². The Labute approximate surface area is 192 Å². The van der Waals surface area contributed by atoms with E-state index < -0.39 is 5.54 Å². The van der Waals surface area contributed by atoms with Crippen LogP contribution in [0.3, 0.4) is 0 Å². The van der Waals surface area contributed by atoms with Crippen LogP contribution in [0.25, 0.3) is 10.6 Å².